The average Bonchev–Trinajstić information content (AvgIpc) is 2.74. The van der Waals surface area contributed by atoms with Gasteiger partial charge in [-0.2, -0.15) is 5.10 Å². The molecule has 2 rings (SSSR count). The topological polar surface area (TPSA) is 41.4 Å². The van der Waals surface area contributed by atoms with E-state index in [-0.39, 0.29) is 0 Å². The second-order valence-corrected chi connectivity index (χ2v) is 6.55. The first kappa shape index (κ1) is 18.2. The van der Waals surface area contributed by atoms with Crippen molar-refractivity contribution in [3.05, 3.63) is 51.8 Å². The van der Waals surface area contributed by atoms with Gasteiger partial charge in [-0.05, 0) is 71.0 Å². The van der Waals surface area contributed by atoms with Gasteiger partial charge in [0.25, 0.3) is 0 Å². The van der Waals surface area contributed by atoms with Crippen LogP contribution in [0.3, 0.4) is 0 Å². The number of hydrogen-bond donors (Lipinski definition) is 2. The van der Waals surface area contributed by atoms with Crippen molar-refractivity contribution in [1.29, 1.82) is 0 Å². The number of aromatic nitrogens is 1. The summed E-state index contributed by atoms with van der Waals surface area (Å²) in [6.07, 6.45) is 1.82. The average molecular weight is 343 g/mol. The Kier molecular flexibility index (Phi) is 5.78. The molecule has 1 aromatic heterocycles. The summed E-state index contributed by atoms with van der Waals surface area (Å²) in [5.74, 6) is 0. The molecule has 2 aromatic rings. The molecule has 0 spiro atoms. The summed E-state index contributed by atoms with van der Waals surface area (Å²) in [7, 11) is 0. The van der Waals surface area contributed by atoms with Gasteiger partial charge in [0.1, 0.15) is 0 Å². The first-order chi connectivity index (χ1) is 11.3. The molecule has 128 valence electrons. The van der Waals surface area contributed by atoms with Crippen molar-refractivity contribution in [3.8, 4) is 5.69 Å². The molecule has 0 saturated heterocycles. The van der Waals surface area contributed by atoms with Crippen LogP contribution in [-0.2, 0) is 0 Å². The number of benzene rings is 1. The Hall–Kier alpha value is -2.14. The van der Waals surface area contributed by atoms with E-state index >= 15 is 0 Å². The fourth-order valence-corrected chi connectivity index (χ4v) is 3.35. The maximum atomic E-state index is 5.11. The third-order valence-electron chi connectivity index (χ3n) is 4.04. The lowest BCUT2D eigenvalue weighted by Gasteiger charge is -2.16. The van der Waals surface area contributed by atoms with Crippen LogP contribution in [0.15, 0.2) is 23.3 Å². The summed E-state index contributed by atoms with van der Waals surface area (Å²) in [6.45, 7) is 13.5. The second-order valence-electron chi connectivity index (χ2n) is 6.14. The lowest BCUT2D eigenvalue weighted by atomic mass is 10.0. The Balaban J connectivity index is 2.37. The molecular weight excluding hydrogens is 316 g/mol. The summed E-state index contributed by atoms with van der Waals surface area (Å²) in [6, 6.07) is 6.60. The van der Waals surface area contributed by atoms with E-state index in [1.54, 1.807) is 0 Å². The van der Waals surface area contributed by atoms with Gasteiger partial charge >= 0.3 is 0 Å². The van der Waals surface area contributed by atoms with Gasteiger partial charge in [-0.3, -0.25) is 5.43 Å². The zero-order valence-corrected chi connectivity index (χ0v) is 16.1. The molecule has 1 heterocycles. The molecule has 2 N–H and O–H groups in total. The van der Waals surface area contributed by atoms with Crippen LogP contribution in [0.4, 0.5) is 0 Å². The molecule has 0 unspecified atom stereocenters. The quantitative estimate of drug-likeness (QED) is 0.504. The molecule has 0 saturated carbocycles. The minimum absolute atomic E-state index is 0.535. The fraction of sp³-hybridized carbons (Fsp3) is 0.368. The zero-order valence-electron chi connectivity index (χ0n) is 15.3. The van der Waals surface area contributed by atoms with Gasteiger partial charge in [0.05, 0.1) is 11.9 Å². The Labute approximate surface area is 150 Å². The minimum atomic E-state index is 0.535. The van der Waals surface area contributed by atoms with E-state index in [1.165, 1.54) is 33.8 Å². The molecule has 5 heteroatoms. The summed E-state index contributed by atoms with van der Waals surface area (Å²) >= 11 is 5.11. The van der Waals surface area contributed by atoms with Crippen molar-refractivity contribution >= 4 is 23.5 Å². The van der Waals surface area contributed by atoms with E-state index in [0.717, 1.165) is 12.1 Å². The molecule has 0 aliphatic carbocycles. The van der Waals surface area contributed by atoms with Crippen molar-refractivity contribution in [2.75, 3.05) is 6.54 Å². The number of nitrogens with one attached hydrogen (secondary N) is 2. The van der Waals surface area contributed by atoms with Gasteiger partial charge < -0.3 is 9.88 Å². The highest BCUT2D eigenvalue weighted by atomic mass is 32.1. The summed E-state index contributed by atoms with van der Waals surface area (Å²) in [4.78, 5) is 0. The zero-order chi connectivity index (χ0) is 17.9. The first-order valence-corrected chi connectivity index (χ1v) is 8.60. The highest BCUT2D eigenvalue weighted by molar-refractivity contribution is 7.80. The van der Waals surface area contributed by atoms with Gasteiger partial charge in [0, 0.05) is 23.5 Å². The monoisotopic (exact) mass is 342 g/mol. The Morgan fingerprint density at radius 1 is 1.12 bits per heavy atom. The normalized spacial score (nSPS) is 11.1. The van der Waals surface area contributed by atoms with Gasteiger partial charge in [-0.1, -0.05) is 17.7 Å². The summed E-state index contributed by atoms with van der Waals surface area (Å²) in [5.41, 5.74) is 11.4. The lowest BCUT2D eigenvalue weighted by Crippen LogP contribution is -2.31. The van der Waals surface area contributed by atoms with Crippen LogP contribution in [0.5, 0.6) is 0 Å². The van der Waals surface area contributed by atoms with Crippen molar-refractivity contribution < 1.29 is 0 Å². The van der Waals surface area contributed by atoms with Crippen LogP contribution in [0.25, 0.3) is 5.69 Å². The number of nitrogens with zero attached hydrogens (tertiary/aromatic N) is 2. The number of rotatable bonds is 4. The third kappa shape index (κ3) is 3.85. The van der Waals surface area contributed by atoms with Crippen LogP contribution in [-0.4, -0.2) is 22.4 Å². The SMILES string of the molecule is CCNC(=S)N/N=C\c1cc(C)n(-c2c(C)cc(C)cc2C)c1C. The highest BCUT2D eigenvalue weighted by Gasteiger charge is 2.13. The predicted octanol–water partition coefficient (Wildman–Crippen LogP) is 3.84. The van der Waals surface area contributed by atoms with E-state index in [2.05, 4.69) is 73.2 Å². The molecule has 1 aromatic carbocycles. The van der Waals surface area contributed by atoms with Crippen molar-refractivity contribution in [2.24, 2.45) is 5.10 Å². The van der Waals surface area contributed by atoms with E-state index in [0.29, 0.717) is 5.11 Å². The number of hydrogen-bond acceptors (Lipinski definition) is 2. The number of hydrazone groups is 1. The van der Waals surface area contributed by atoms with Crippen LogP contribution in [0.1, 0.15) is 40.6 Å². The molecule has 0 bridgehead atoms. The summed E-state index contributed by atoms with van der Waals surface area (Å²) < 4.78 is 2.30. The Morgan fingerprint density at radius 3 is 2.33 bits per heavy atom. The van der Waals surface area contributed by atoms with Crippen molar-refractivity contribution in [2.45, 2.75) is 41.5 Å². The second kappa shape index (κ2) is 7.62. The van der Waals surface area contributed by atoms with Gasteiger partial charge in [0.2, 0.25) is 0 Å². The Morgan fingerprint density at radius 2 is 1.75 bits per heavy atom. The maximum absolute atomic E-state index is 5.11. The molecular formula is C19H26N4S. The van der Waals surface area contributed by atoms with Crippen LogP contribution in [0.2, 0.25) is 0 Å². The van der Waals surface area contributed by atoms with E-state index in [1.807, 2.05) is 13.1 Å². The maximum Gasteiger partial charge on any atom is 0.186 e. The number of aryl methyl sites for hydroxylation is 4. The first-order valence-electron chi connectivity index (χ1n) is 8.19. The highest BCUT2D eigenvalue weighted by Crippen LogP contribution is 2.26. The van der Waals surface area contributed by atoms with Crippen molar-refractivity contribution in [1.82, 2.24) is 15.3 Å². The van der Waals surface area contributed by atoms with Gasteiger partial charge in [-0.15, -0.1) is 0 Å². The molecule has 0 amide bonds. The van der Waals surface area contributed by atoms with Crippen LogP contribution >= 0.6 is 12.2 Å². The van der Waals surface area contributed by atoms with Gasteiger partial charge in [-0.25, -0.2) is 0 Å². The van der Waals surface area contributed by atoms with E-state index in [4.69, 9.17) is 12.2 Å². The molecule has 0 aliphatic rings. The summed E-state index contributed by atoms with van der Waals surface area (Å²) in [5, 5.41) is 7.78. The van der Waals surface area contributed by atoms with Gasteiger partial charge in [0.15, 0.2) is 5.11 Å². The molecule has 0 radical (unpaired) electrons. The predicted molar refractivity (Wildman–Crippen MR) is 106 cm³/mol. The Bertz CT molecular complexity index is 764. The molecule has 0 atom stereocenters. The standard InChI is InChI=1S/C19H26N4S/c1-7-20-19(24)22-21-11-17-10-15(5)23(16(17)6)18-13(3)8-12(2)9-14(18)4/h8-11H,7H2,1-6H3,(H2,20,22,24)/b21-11-. The largest absolute Gasteiger partial charge is 0.362 e. The smallest absolute Gasteiger partial charge is 0.186 e. The lowest BCUT2D eigenvalue weighted by molar-refractivity contribution is 0.903. The molecule has 4 nitrogen and oxygen atoms in total. The molecule has 0 aliphatic heterocycles. The third-order valence-corrected chi connectivity index (χ3v) is 4.27. The number of thiocarbonyl (C=S) groups is 1. The molecule has 24 heavy (non-hydrogen) atoms. The van der Waals surface area contributed by atoms with Crippen molar-refractivity contribution in [3.63, 3.8) is 0 Å². The van der Waals surface area contributed by atoms with E-state index in [9.17, 15) is 0 Å². The fourth-order valence-electron chi connectivity index (χ4n) is 3.15. The van der Waals surface area contributed by atoms with Crippen LogP contribution < -0.4 is 10.7 Å². The minimum Gasteiger partial charge on any atom is -0.362 e. The van der Waals surface area contributed by atoms with Crippen LogP contribution in [0, 0.1) is 34.6 Å². The molecule has 0 fully saturated rings. The van der Waals surface area contributed by atoms with E-state index < -0.39 is 0 Å².